The Kier molecular flexibility index (Phi) is 8.37. The number of hydrogen-bond donors (Lipinski definition) is 3. The maximum Gasteiger partial charge on any atom is 0.408 e. The van der Waals surface area contributed by atoms with Crippen LogP contribution in [0.15, 0.2) is 54.6 Å². The van der Waals surface area contributed by atoms with Crippen molar-refractivity contribution in [3.8, 4) is 0 Å². The number of hydrogen-bond acceptors (Lipinski definition) is 4. The number of rotatable bonds is 7. The van der Waals surface area contributed by atoms with Crippen molar-refractivity contribution < 1.29 is 19.1 Å². The van der Waals surface area contributed by atoms with Crippen LogP contribution in [0.2, 0.25) is 0 Å². The van der Waals surface area contributed by atoms with E-state index in [2.05, 4.69) is 16.0 Å². The first-order chi connectivity index (χ1) is 14.6. The van der Waals surface area contributed by atoms with Gasteiger partial charge in [0.15, 0.2) is 0 Å². The van der Waals surface area contributed by atoms with Crippen LogP contribution in [0.3, 0.4) is 0 Å². The van der Waals surface area contributed by atoms with Crippen LogP contribution in [0.5, 0.6) is 0 Å². The third-order valence-corrected chi connectivity index (χ3v) is 4.10. The molecule has 0 atom stereocenters. The Morgan fingerprint density at radius 1 is 0.968 bits per heavy atom. The number of benzene rings is 2. The molecular weight excluding hydrogens is 394 g/mol. The molecule has 2 rings (SSSR count). The molecule has 0 aliphatic carbocycles. The summed E-state index contributed by atoms with van der Waals surface area (Å²) in [5.74, 6) is -0.554. The Bertz CT molecular complexity index is 944. The van der Waals surface area contributed by atoms with Crippen molar-refractivity contribution in [1.82, 2.24) is 10.6 Å². The fourth-order valence-corrected chi connectivity index (χ4v) is 2.57. The molecule has 0 bridgehead atoms. The van der Waals surface area contributed by atoms with Gasteiger partial charge in [-0.2, -0.15) is 0 Å². The van der Waals surface area contributed by atoms with Crippen LogP contribution in [0.25, 0.3) is 6.08 Å². The number of anilines is 1. The molecule has 3 N–H and O–H groups in total. The molecule has 0 fully saturated rings. The van der Waals surface area contributed by atoms with Gasteiger partial charge >= 0.3 is 6.09 Å². The minimum atomic E-state index is -0.648. The number of aryl methyl sites for hydroxylation is 1. The fourth-order valence-electron chi connectivity index (χ4n) is 2.57. The molecule has 0 aliphatic rings. The number of nitrogens with one attached hydrogen (secondary N) is 3. The van der Waals surface area contributed by atoms with Crippen molar-refractivity contribution in [2.45, 2.75) is 39.8 Å². The maximum atomic E-state index is 12.0. The summed E-state index contributed by atoms with van der Waals surface area (Å²) >= 11 is 0. The van der Waals surface area contributed by atoms with E-state index in [1.807, 2.05) is 43.3 Å². The number of carbonyl (C=O) groups is 3. The molecule has 164 valence electrons. The zero-order chi connectivity index (χ0) is 22.9. The maximum absolute atomic E-state index is 12.0. The largest absolute Gasteiger partial charge is 0.444 e. The monoisotopic (exact) mass is 423 g/mol. The van der Waals surface area contributed by atoms with Crippen LogP contribution >= 0.6 is 0 Å². The van der Waals surface area contributed by atoms with Crippen LogP contribution < -0.4 is 16.0 Å². The van der Waals surface area contributed by atoms with Crippen molar-refractivity contribution >= 4 is 29.7 Å². The van der Waals surface area contributed by atoms with E-state index in [-0.39, 0.29) is 18.4 Å². The lowest BCUT2D eigenvalue weighted by Crippen LogP contribution is -2.37. The summed E-state index contributed by atoms with van der Waals surface area (Å²) in [6.45, 7) is 7.41. The Balaban J connectivity index is 1.76. The normalized spacial score (nSPS) is 11.1. The molecule has 0 radical (unpaired) electrons. The van der Waals surface area contributed by atoms with Crippen LogP contribution in [0.1, 0.15) is 37.5 Å². The highest BCUT2D eigenvalue weighted by Gasteiger charge is 2.16. The van der Waals surface area contributed by atoms with Crippen molar-refractivity contribution in [3.05, 3.63) is 71.3 Å². The topological polar surface area (TPSA) is 96.5 Å². The van der Waals surface area contributed by atoms with Gasteiger partial charge in [0.2, 0.25) is 11.8 Å². The van der Waals surface area contributed by atoms with Gasteiger partial charge in [-0.25, -0.2) is 4.79 Å². The number of carbonyl (C=O) groups excluding carboxylic acids is 3. The molecule has 0 unspecified atom stereocenters. The smallest absolute Gasteiger partial charge is 0.408 e. The van der Waals surface area contributed by atoms with Gasteiger partial charge in [-0.05, 0) is 62.6 Å². The predicted molar refractivity (Wildman–Crippen MR) is 121 cm³/mol. The standard InChI is InChI=1S/C24H29N3O4/c1-17-7-5-6-8-19(17)11-14-21(28)25-15-18-9-12-20(13-10-18)27-22(29)16-26-23(30)31-24(2,3)4/h5-14H,15-16H2,1-4H3,(H,25,28)(H,26,30)(H,27,29)/b14-11+. The minimum absolute atomic E-state index is 0.186. The molecule has 2 aromatic carbocycles. The first kappa shape index (κ1) is 23.7. The summed E-state index contributed by atoms with van der Waals surface area (Å²) in [6.07, 6.45) is 2.65. The van der Waals surface area contributed by atoms with E-state index in [0.29, 0.717) is 12.2 Å². The van der Waals surface area contributed by atoms with Gasteiger partial charge in [-0.15, -0.1) is 0 Å². The summed E-state index contributed by atoms with van der Waals surface area (Å²) in [7, 11) is 0. The number of ether oxygens (including phenoxy) is 1. The predicted octanol–water partition coefficient (Wildman–Crippen LogP) is 3.79. The molecule has 31 heavy (non-hydrogen) atoms. The first-order valence-electron chi connectivity index (χ1n) is 9.99. The third kappa shape index (κ3) is 9.16. The average molecular weight is 424 g/mol. The van der Waals surface area contributed by atoms with Gasteiger partial charge in [0.05, 0.1) is 0 Å². The zero-order valence-electron chi connectivity index (χ0n) is 18.3. The second-order valence-electron chi connectivity index (χ2n) is 8.01. The van der Waals surface area contributed by atoms with Crippen molar-refractivity contribution in [2.75, 3.05) is 11.9 Å². The van der Waals surface area contributed by atoms with Crippen LogP contribution in [0.4, 0.5) is 10.5 Å². The first-order valence-corrected chi connectivity index (χ1v) is 9.99. The van der Waals surface area contributed by atoms with E-state index >= 15 is 0 Å². The van der Waals surface area contributed by atoms with Gasteiger partial charge in [0.1, 0.15) is 12.1 Å². The SMILES string of the molecule is Cc1ccccc1/C=C/C(=O)NCc1ccc(NC(=O)CNC(=O)OC(C)(C)C)cc1. The van der Waals surface area contributed by atoms with E-state index in [1.165, 1.54) is 6.08 Å². The summed E-state index contributed by atoms with van der Waals surface area (Å²) in [5, 5.41) is 7.92. The Morgan fingerprint density at radius 2 is 1.65 bits per heavy atom. The summed E-state index contributed by atoms with van der Waals surface area (Å²) in [4.78, 5) is 35.6. The molecular formula is C24H29N3O4. The fraction of sp³-hybridized carbons (Fsp3) is 0.292. The third-order valence-electron chi connectivity index (χ3n) is 4.10. The highest BCUT2D eigenvalue weighted by Crippen LogP contribution is 2.11. The van der Waals surface area contributed by atoms with Gasteiger partial charge in [-0.3, -0.25) is 9.59 Å². The quantitative estimate of drug-likeness (QED) is 0.591. The molecule has 7 heteroatoms. The highest BCUT2D eigenvalue weighted by atomic mass is 16.6. The number of alkyl carbamates (subject to hydrolysis) is 1. The lowest BCUT2D eigenvalue weighted by Gasteiger charge is -2.19. The van der Waals surface area contributed by atoms with E-state index in [0.717, 1.165) is 16.7 Å². The van der Waals surface area contributed by atoms with Gasteiger partial charge in [0.25, 0.3) is 0 Å². The molecule has 0 spiro atoms. The second kappa shape index (κ2) is 11.0. The summed E-state index contributed by atoms with van der Waals surface area (Å²) in [5.41, 5.74) is 2.96. The molecule has 0 aliphatic heterocycles. The van der Waals surface area contributed by atoms with E-state index in [1.54, 1.807) is 39.0 Å². The van der Waals surface area contributed by atoms with Crippen LogP contribution in [-0.4, -0.2) is 30.1 Å². The number of amides is 3. The van der Waals surface area contributed by atoms with Gasteiger partial charge in [-0.1, -0.05) is 36.4 Å². The summed E-state index contributed by atoms with van der Waals surface area (Å²) < 4.78 is 5.08. The van der Waals surface area contributed by atoms with E-state index < -0.39 is 11.7 Å². The Labute approximate surface area is 182 Å². The molecule has 2 aromatic rings. The van der Waals surface area contributed by atoms with Crippen molar-refractivity contribution in [3.63, 3.8) is 0 Å². The second-order valence-corrected chi connectivity index (χ2v) is 8.01. The highest BCUT2D eigenvalue weighted by molar-refractivity contribution is 5.94. The minimum Gasteiger partial charge on any atom is -0.444 e. The van der Waals surface area contributed by atoms with Gasteiger partial charge in [0, 0.05) is 18.3 Å². The molecule has 0 saturated carbocycles. The van der Waals surface area contributed by atoms with E-state index in [9.17, 15) is 14.4 Å². The molecule has 0 aromatic heterocycles. The molecule has 7 nitrogen and oxygen atoms in total. The lowest BCUT2D eigenvalue weighted by molar-refractivity contribution is -0.117. The average Bonchev–Trinajstić information content (AvgIpc) is 2.70. The lowest BCUT2D eigenvalue weighted by atomic mass is 10.1. The van der Waals surface area contributed by atoms with Crippen LogP contribution in [-0.2, 0) is 20.9 Å². The van der Waals surface area contributed by atoms with Crippen molar-refractivity contribution in [1.29, 1.82) is 0 Å². The molecule has 0 heterocycles. The molecule has 3 amide bonds. The Hall–Kier alpha value is -3.61. The van der Waals surface area contributed by atoms with Crippen LogP contribution in [0, 0.1) is 6.92 Å². The molecule has 0 saturated heterocycles. The zero-order valence-corrected chi connectivity index (χ0v) is 18.3. The van der Waals surface area contributed by atoms with Gasteiger partial charge < -0.3 is 20.7 Å². The van der Waals surface area contributed by atoms with Crippen molar-refractivity contribution in [2.24, 2.45) is 0 Å². The summed E-state index contributed by atoms with van der Waals surface area (Å²) in [6, 6.07) is 14.9. The Morgan fingerprint density at radius 3 is 2.29 bits per heavy atom. The van der Waals surface area contributed by atoms with E-state index in [4.69, 9.17) is 4.74 Å².